The number of benzene rings is 1. The number of Topliss-reactive ketones (excluding diaryl/α,β-unsaturated/α-hetero) is 1. The summed E-state index contributed by atoms with van der Waals surface area (Å²) in [5, 5.41) is 11.7. The highest BCUT2D eigenvalue weighted by atomic mass is 127. The molecule has 0 aliphatic carbocycles. The quantitative estimate of drug-likeness (QED) is 0.0277. The number of aldehydes is 2. The second-order valence-electron chi connectivity index (χ2n) is 44.5. The molecule has 10 heterocycles. The van der Waals surface area contributed by atoms with Crippen LogP contribution in [-0.2, 0) is 89.9 Å². The summed E-state index contributed by atoms with van der Waals surface area (Å²) in [4.78, 5) is 36.4. The van der Waals surface area contributed by atoms with Crippen molar-refractivity contribution in [1.29, 1.82) is 0 Å². The van der Waals surface area contributed by atoms with Crippen molar-refractivity contribution in [3.05, 3.63) is 99.3 Å². The lowest BCUT2D eigenvalue weighted by molar-refractivity contribution is -0.240. The SMILES string of the molecule is C=C1C[C@H](CCC=O)O[C@H]1CCC1C[C@@H](C)C(=C)[C@@H](C[C@@H]2O[C@H](C[C@H](C)CC)[C@H](OC)[C@H]2C(C(O)CC2CCC3O[C@@H]([C@H](/C=C/I)O[Si](C)(C)C(C)(C)C)[C@@H](C)[C@@H](C)C3O2)S(=O)(=O)c2ccccc2)O1.C=C1C[C@H](CCC=O)O[C@H]1CCC1C[C@@H](C)C(=C)[C@@H](C[C@@H]2O[C@H](C[C@H](C)CC)[C@H](OC)[C@H]2CC(=O)CC2CCC3O[C@@H]([C@H](/C=C/I)O[Si](C)(C)C(C)(C)C)[C@@H](C)[C@@H](C)C3O2)O1. The maximum absolute atomic E-state index is 15.4. The van der Waals surface area contributed by atoms with Crippen molar-refractivity contribution in [2.75, 3.05) is 14.2 Å². The molecule has 11 rings (SSSR count). The fraction of sp³-hybridized carbons (Fsp3) is 0.802. The third-order valence-corrected chi connectivity index (χ3v) is 45.3. The van der Waals surface area contributed by atoms with E-state index < -0.39 is 74.3 Å². The molecule has 1 N–H and O–H groups in total. The molecule has 0 radical (unpaired) electrons. The summed E-state index contributed by atoms with van der Waals surface area (Å²) >= 11 is 4.57. The van der Waals surface area contributed by atoms with E-state index in [0.29, 0.717) is 75.5 Å². The first-order chi connectivity index (χ1) is 61.8. The second-order valence-corrected chi connectivity index (χ2v) is 57.6. The highest BCUT2D eigenvalue weighted by Crippen LogP contribution is 2.51. The van der Waals surface area contributed by atoms with Gasteiger partial charge in [-0.25, -0.2) is 8.42 Å². The Morgan fingerprint density at radius 3 is 1.39 bits per heavy atom. The van der Waals surface area contributed by atoms with Gasteiger partial charge in [0.15, 0.2) is 26.5 Å². The minimum atomic E-state index is -4.18. The second kappa shape index (κ2) is 49.5. The molecule has 10 aliphatic heterocycles. The van der Waals surface area contributed by atoms with Crippen LogP contribution in [-0.4, -0.2) is 221 Å². The monoisotopic (exact) mass is 2110 g/mol. The standard InChI is InChI=1S/C56H89IO11SSi.C50H83IO9Si/c1-14-34(2)29-50-54(62-11)51(49(66-50)33-48-37(5)35(3)30-41(64-48)22-24-45-36(4)31-40(63-45)19-18-28-58)55(69(60,61)43-20-16-15-17-21-43)44(59)32-42-23-25-46-52(65-42)38(6)39(7)53(67-46)47(26-27-57)68-70(12,13)56(8,9)10;1-14-30(2)24-46-49(54-11)40(45(58-46)29-44-33(5)31(3)25-38(56-44)17-19-41-32(4)26-37(55-41)16-15-23-52)28-36(53)27-39-18-20-42-47(57-39)34(6)35(7)48(59-42)43(21-22-51)60-61(12,13)50(8,9)10/h15-17,20-21,26-28,34-35,38-42,44-55,59H,4-5,14,18-19,22-25,29-33H2,1-3,6-13H3;21-23,30-31,34-35,37-49H,4-5,14-20,24-29H2,1-3,6-13H3/b27-26+;22-21+/t34-,35-,38-,39+,40+,41?,42?,44?,45+,46?,47+,48-,49+,50-,51+,52?,53-,54+,55?;30-,31-,34-,35+,37+,38?,39?,40+,41+,42?,43+,44-,45+,46-,47?,48-,49-/m11/s1. The van der Waals surface area contributed by atoms with Crippen molar-refractivity contribution in [3.63, 3.8) is 0 Å². The molecule has 131 heavy (non-hydrogen) atoms. The molecule has 0 amide bonds. The lowest BCUT2D eigenvalue weighted by Gasteiger charge is -2.51. The van der Waals surface area contributed by atoms with Gasteiger partial charge in [-0.2, -0.15) is 0 Å². The maximum atomic E-state index is 15.4. The van der Waals surface area contributed by atoms with E-state index in [-0.39, 0.29) is 179 Å². The van der Waals surface area contributed by atoms with Gasteiger partial charge in [-0.05, 0) is 241 Å². The number of carbonyl (C=O) groups excluding carboxylic acids is 3. The normalized spacial score (nSPS) is 37.3. The van der Waals surface area contributed by atoms with Crippen molar-refractivity contribution in [1.82, 2.24) is 0 Å². The molecular weight excluding hydrogens is 1940 g/mol. The minimum absolute atomic E-state index is 0.00644. The average molecular weight is 2110 g/mol. The van der Waals surface area contributed by atoms with Crippen LogP contribution in [0.4, 0.5) is 0 Å². The van der Waals surface area contributed by atoms with Crippen LogP contribution < -0.4 is 0 Å². The van der Waals surface area contributed by atoms with Crippen molar-refractivity contribution in [3.8, 4) is 0 Å². The fourth-order valence-electron chi connectivity index (χ4n) is 22.3. The van der Waals surface area contributed by atoms with Crippen molar-refractivity contribution in [2.45, 2.75) is 470 Å². The van der Waals surface area contributed by atoms with Crippen LogP contribution in [0, 0.1) is 59.2 Å². The smallest absolute Gasteiger partial charge is 0.193 e. The van der Waals surface area contributed by atoms with Gasteiger partial charge in [0.05, 0.1) is 163 Å². The zero-order valence-corrected chi connectivity index (χ0v) is 91.1. The molecule has 0 bridgehead atoms. The molecule has 10 unspecified atom stereocenters. The number of sulfone groups is 1. The van der Waals surface area contributed by atoms with Gasteiger partial charge < -0.3 is 80.4 Å². The summed E-state index contributed by atoms with van der Waals surface area (Å²) in [7, 11) is -4.94. The van der Waals surface area contributed by atoms with Crippen molar-refractivity contribution >= 4 is 90.0 Å². The topological polar surface area (TPSA) is 235 Å². The molecule has 25 heteroatoms. The van der Waals surface area contributed by atoms with Crippen LogP contribution in [0.25, 0.3) is 0 Å². The van der Waals surface area contributed by atoms with E-state index in [1.165, 1.54) is 0 Å². The summed E-state index contributed by atoms with van der Waals surface area (Å²) in [5.41, 5.74) is 4.25. The summed E-state index contributed by atoms with van der Waals surface area (Å²) in [6.45, 7) is 62.8. The first kappa shape index (κ1) is 111. The highest BCUT2D eigenvalue weighted by molar-refractivity contribution is 14.1. The van der Waals surface area contributed by atoms with E-state index in [9.17, 15) is 19.5 Å². The van der Waals surface area contributed by atoms with Crippen LogP contribution >= 0.6 is 45.2 Å². The molecule has 10 aliphatic rings. The van der Waals surface area contributed by atoms with Gasteiger partial charge in [0.25, 0.3) is 0 Å². The molecule has 10 fully saturated rings. The van der Waals surface area contributed by atoms with E-state index in [4.69, 9.17) is 65.7 Å². The van der Waals surface area contributed by atoms with E-state index in [1.807, 2.05) is 10.1 Å². The number of halogens is 2. The fourth-order valence-corrected chi connectivity index (χ4v) is 27.7. The lowest BCUT2D eigenvalue weighted by atomic mass is 9.77. The Hall–Kier alpha value is -2.09. The zero-order valence-electron chi connectivity index (χ0n) is 84.0. The molecule has 36 atom stereocenters. The molecular formula is C106H172I2O20SSi2. The van der Waals surface area contributed by atoms with E-state index >= 15 is 8.42 Å². The number of ketones is 1. The van der Waals surface area contributed by atoms with Crippen LogP contribution in [0.1, 0.15) is 271 Å². The average Bonchev–Trinajstić information content (AvgIpc) is 1.70. The predicted octanol–water partition coefficient (Wildman–Crippen LogP) is 22.9. The number of carbonyl (C=O) groups is 3. The number of ether oxygens (including phenoxy) is 12. The maximum Gasteiger partial charge on any atom is 0.193 e. The third kappa shape index (κ3) is 28.3. The summed E-state index contributed by atoms with van der Waals surface area (Å²) in [5.74, 6) is 1.34. The van der Waals surface area contributed by atoms with E-state index in [2.05, 4.69) is 225 Å². The Labute approximate surface area is 820 Å². The van der Waals surface area contributed by atoms with Gasteiger partial charge in [0.2, 0.25) is 0 Å². The van der Waals surface area contributed by atoms with Crippen LogP contribution in [0.5, 0.6) is 0 Å². The van der Waals surface area contributed by atoms with Crippen LogP contribution in [0.15, 0.2) is 104 Å². The third-order valence-electron chi connectivity index (χ3n) is 33.2. The van der Waals surface area contributed by atoms with Gasteiger partial charge in [-0.3, -0.25) is 4.79 Å². The number of hydrogen-bond acceptors (Lipinski definition) is 20. The van der Waals surface area contributed by atoms with Gasteiger partial charge in [0.1, 0.15) is 18.4 Å². The number of aliphatic hydroxyl groups excluding tert-OH is 1. The zero-order chi connectivity index (χ0) is 96.1. The molecule has 1 aromatic rings. The number of rotatable bonds is 42. The van der Waals surface area contributed by atoms with Crippen molar-refractivity contribution < 1.29 is 93.6 Å². The number of fused-ring (bicyclic) bond motifs is 2. The molecule has 1 aromatic carbocycles. The first-order valence-corrected chi connectivity index (χ1v) is 60.3. The summed E-state index contributed by atoms with van der Waals surface area (Å²) in [6.07, 6.45) is 18.3. The number of hydrogen-bond donors (Lipinski definition) is 1. The van der Waals surface area contributed by atoms with E-state index in [0.717, 1.165) is 131 Å². The van der Waals surface area contributed by atoms with Gasteiger partial charge in [0, 0.05) is 71.0 Å². The number of methoxy groups -OCH3 is 2. The first-order valence-electron chi connectivity index (χ1n) is 50.4. The Morgan fingerprint density at radius 2 is 0.954 bits per heavy atom. The molecule has 744 valence electrons. The Morgan fingerprint density at radius 1 is 0.527 bits per heavy atom. The highest BCUT2D eigenvalue weighted by Gasteiger charge is 2.59. The Kier molecular flexibility index (Phi) is 41.9. The van der Waals surface area contributed by atoms with Gasteiger partial charge in [-0.15, -0.1) is 0 Å². The van der Waals surface area contributed by atoms with Gasteiger partial charge in [-0.1, -0.05) is 213 Å². The van der Waals surface area contributed by atoms with Gasteiger partial charge >= 0.3 is 0 Å². The molecule has 0 saturated carbocycles. The summed E-state index contributed by atoms with van der Waals surface area (Å²) in [6, 6.07) is 8.53. The Bertz CT molecular complexity index is 4000. The largest absolute Gasteiger partial charge is 0.408 e. The predicted molar refractivity (Wildman–Crippen MR) is 543 cm³/mol. The number of aliphatic hydroxyl groups is 1. The summed E-state index contributed by atoms with van der Waals surface area (Å²) < 4.78 is 130. The lowest BCUT2D eigenvalue weighted by Crippen LogP contribution is -2.59. The molecule has 0 spiro atoms. The van der Waals surface area contributed by atoms with Crippen LogP contribution in [0.3, 0.4) is 0 Å². The van der Waals surface area contributed by atoms with Crippen molar-refractivity contribution in [2.24, 2.45) is 59.2 Å². The molecule has 20 nitrogen and oxygen atoms in total. The molecule has 0 aromatic heterocycles. The molecule has 10 saturated heterocycles. The van der Waals surface area contributed by atoms with Crippen LogP contribution in [0.2, 0.25) is 36.3 Å². The van der Waals surface area contributed by atoms with E-state index in [1.54, 1.807) is 38.5 Å². The Balaban J connectivity index is 0.000000275. The minimum Gasteiger partial charge on any atom is -0.408 e.